The molecule has 0 saturated heterocycles. The van der Waals surface area contributed by atoms with Crippen molar-refractivity contribution in [2.24, 2.45) is 0 Å². The van der Waals surface area contributed by atoms with Crippen molar-refractivity contribution in [2.45, 2.75) is 58.2 Å². The summed E-state index contributed by atoms with van der Waals surface area (Å²) in [6.07, 6.45) is 0. The van der Waals surface area contributed by atoms with E-state index in [0.717, 1.165) is 17.1 Å². The summed E-state index contributed by atoms with van der Waals surface area (Å²) in [6, 6.07) is 0.411. The monoisotopic (exact) mass is 290 g/mol. The molecule has 0 bridgehead atoms. The summed E-state index contributed by atoms with van der Waals surface area (Å²) in [5.41, 5.74) is 0.933. The minimum Gasteiger partial charge on any atom is -0.310 e. The number of hydrogen-bond donors (Lipinski definition) is 1. The molecule has 1 heterocycles. The van der Waals surface area contributed by atoms with E-state index in [4.69, 9.17) is 0 Å². The van der Waals surface area contributed by atoms with E-state index in [-0.39, 0.29) is 11.0 Å². The Morgan fingerprint density at radius 3 is 2.39 bits per heavy atom. The molecule has 1 aromatic rings. The largest absolute Gasteiger partial charge is 0.310 e. The lowest BCUT2D eigenvalue weighted by molar-refractivity contribution is 0.586. The number of rotatable bonds is 6. The molecule has 1 aromatic heterocycles. The van der Waals surface area contributed by atoms with Crippen molar-refractivity contribution in [2.75, 3.05) is 0 Å². The van der Waals surface area contributed by atoms with Crippen LogP contribution in [0, 0.1) is 6.92 Å². The van der Waals surface area contributed by atoms with Crippen molar-refractivity contribution >= 4 is 21.2 Å². The number of nitrogens with zero attached hydrogens (tertiary/aromatic N) is 1. The highest BCUT2D eigenvalue weighted by Gasteiger charge is 2.20. The van der Waals surface area contributed by atoms with Crippen LogP contribution in [-0.2, 0) is 22.1 Å². The zero-order valence-electron chi connectivity index (χ0n) is 11.6. The average molecular weight is 290 g/mol. The molecule has 0 radical (unpaired) electrons. The predicted octanol–water partition coefficient (Wildman–Crippen LogP) is 2.27. The lowest BCUT2D eigenvalue weighted by atomic mass is 10.3. The van der Waals surface area contributed by atoms with Crippen molar-refractivity contribution < 1.29 is 8.42 Å². The van der Waals surface area contributed by atoms with Gasteiger partial charge in [0, 0.05) is 17.5 Å². The highest BCUT2D eigenvalue weighted by molar-refractivity contribution is 7.91. The number of thiazole rings is 1. The van der Waals surface area contributed by atoms with Crippen molar-refractivity contribution in [1.82, 2.24) is 10.3 Å². The standard InChI is InChI=1S/C12H22N2O2S2/c1-8(2)13-6-11-10(5)14-12(17-11)7-18(15,16)9(3)4/h8-9,13H,6-7H2,1-5H3. The zero-order chi connectivity index (χ0) is 13.9. The molecule has 0 aliphatic rings. The van der Waals surface area contributed by atoms with Gasteiger partial charge < -0.3 is 5.32 Å². The van der Waals surface area contributed by atoms with Crippen LogP contribution in [0.15, 0.2) is 0 Å². The third-order valence-corrected chi connectivity index (χ3v) is 6.10. The van der Waals surface area contributed by atoms with Gasteiger partial charge in [-0.3, -0.25) is 0 Å². The van der Waals surface area contributed by atoms with Gasteiger partial charge in [0.2, 0.25) is 0 Å². The van der Waals surface area contributed by atoms with Gasteiger partial charge in [0.1, 0.15) is 10.8 Å². The number of aromatic nitrogens is 1. The molecule has 18 heavy (non-hydrogen) atoms. The first-order valence-electron chi connectivity index (χ1n) is 6.12. The van der Waals surface area contributed by atoms with Crippen LogP contribution < -0.4 is 5.32 Å². The van der Waals surface area contributed by atoms with Gasteiger partial charge in [-0.05, 0) is 20.8 Å². The van der Waals surface area contributed by atoms with E-state index in [9.17, 15) is 8.42 Å². The maximum atomic E-state index is 11.8. The molecule has 104 valence electrons. The summed E-state index contributed by atoms with van der Waals surface area (Å²) < 4.78 is 23.7. The molecule has 0 atom stereocenters. The van der Waals surface area contributed by atoms with Crippen molar-refractivity contribution in [1.29, 1.82) is 0 Å². The molecule has 0 fully saturated rings. The minimum absolute atomic E-state index is 0.0534. The van der Waals surface area contributed by atoms with E-state index < -0.39 is 9.84 Å². The maximum absolute atomic E-state index is 11.8. The van der Waals surface area contributed by atoms with Gasteiger partial charge in [-0.2, -0.15) is 0 Å². The summed E-state index contributed by atoms with van der Waals surface area (Å²) in [6.45, 7) is 10.3. The summed E-state index contributed by atoms with van der Waals surface area (Å²) in [5, 5.41) is 3.67. The Labute approximate surface area is 114 Å². The van der Waals surface area contributed by atoms with Crippen LogP contribution in [0.25, 0.3) is 0 Å². The molecule has 0 amide bonds. The SMILES string of the molecule is Cc1nc(CS(=O)(=O)C(C)C)sc1CNC(C)C. The van der Waals surface area contributed by atoms with E-state index in [2.05, 4.69) is 24.1 Å². The van der Waals surface area contributed by atoms with E-state index in [1.54, 1.807) is 13.8 Å². The molecule has 4 nitrogen and oxygen atoms in total. The highest BCUT2D eigenvalue weighted by Crippen LogP contribution is 2.21. The molecular formula is C12H22N2O2S2. The highest BCUT2D eigenvalue weighted by atomic mass is 32.2. The fourth-order valence-corrected chi connectivity index (χ4v) is 3.64. The molecule has 0 aromatic carbocycles. The Bertz CT molecular complexity index is 490. The quantitative estimate of drug-likeness (QED) is 0.873. The first-order valence-corrected chi connectivity index (χ1v) is 8.65. The fraction of sp³-hybridized carbons (Fsp3) is 0.750. The number of nitrogens with one attached hydrogen (secondary N) is 1. The van der Waals surface area contributed by atoms with Gasteiger partial charge in [-0.1, -0.05) is 13.8 Å². The topological polar surface area (TPSA) is 59.1 Å². The second kappa shape index (κ2) is 6.12. The van der Waals surface area contributed by atoms with Crippen LogP contribution in [0.3, 0.4) is 0 Å². The van der Waals surface area contributed by atoms with Gasteiger partial charge in [-0.15, -0.1) is 11.3 Å². The predicted molar refractivity (Wildman–Crippen MR) is 76.6 cm³/mol. The van der Waals surface area contributed by atoms with Crippen LogP contribution in [0.1, 0.15) is 43.3 Å². The van der Waals surface area contributed by atoms with Crippen molar-refractivity contribution in [3.8, 4) is 0 Å². The van der Waals surface area contributed by atoms with Crippen LogP contribution in [-0.4, -0.2) is 24.7 Å². The van der Waals surface area contributed by atoms with Crippen molar-refractivity contribution in [3.05, 3.63) is 15.6 Å². The van der Waals surface area contributed by atoms with Gasteiger partial charge >= 0.3 is 0 Å². The lowest BCUT2D eigenvalue weighted by Gasteiger charge is -2.06. The van der Waals surface area contributed by atoms with Crippen LogP contribution in [0.2, 0.25) is 0 Å². The Morgan fingerprint density at radius 2 is 1.89 bits per heavy atom. The van der Waals surface area contributed by atoms with Crippen molar-refractivity contribution in [3.63, 3.8) is 0 Å². The second-order valence-corrected chi connectivity index (χ2v) is 8.73. The number of aryl methyl sites for hydroxylation is 1. The Kier molecular flexibility index (Phi) is 5.31. The number of sulfone groups is 1. The second-order valence-electron chi connectivity index (χ2n) is 5.01. The summed E-state index contributed by atoms with van der Waals surface area (Å²) in [5.74, 6) is 0.0534. The summed E-state index contributed by atoms with van der Waals surface area (Å²) >= 11 is 1.49. The molecule has 0 spiro atoms. The van der Waals surface area contributed by atoms with E-state index >= 15 is 0 Å². The van der Waals surface area contributed by atoms with E-state index in [0.29, 0.717) is 11.0 Å². The van der Waals surface area contributed by atoms with Gasteiger partial charge in [0.05, 0.1) is 10.9 Å². The first-order chi connectivity index (χ1) is 8.22. The molecule has 1 rings (SSSR count). The molecule has 0 saturated carbocycles. The third-order valence-electron chi connectivity index (χ3n) is 2.65. The summed E-state index contributed by atoms with van der Waals surface area (Å²) in [7, 11) is -3.06. The van der Waals surface area contributed by atoms with Gasteiger partial charge in [0.25, 0.3) is 0 Å². The van der Waals surface area contributed by atoms with E-state index in [1.807, 2.05) is 6.92 Å². The molecule has 0 unspecified atom stereocenters. The zero-order valence-corrected chi connectivity index (χ0v) is 13.3. The molecule has 1 N–H and O–H groups in total. The Morgan fingerprint density at radius 1 is 1.28 bits per heavy atom. The Balaban J connectivity index is 2.79. The molecular weight excluding hydrogens is 268 g/mol. The van der Waals surface area contributed by atoms with E-state index in [1.165, 1.54) is 11.3 Å². The molecule has 6 heteroatoms. The molecule has 0 aliphatic carbocycles. The third kappa shape index (κ3) is 4.33. The van der Waals surface area contributed by atoms with Gasteiger partial charge in [-0.25, -0.2) is 13.4 Å². The maximum Gasteiger partial charge on any atom is 0.159 e. The Hall–Kier alpha value is -0.460. The van der Waals surface area contributed by atoms with Gasteiger partial charge in [0.15, 0.2) is 9.84 Å². The smallest absolute Gasteiger partial charge is 0.159 e. The normalized spacial score (nSPS) is 12.6. The molecule has 0 aliphatic heterocycles. The van der Waals surface area contributed by atoms with Crippen LogP contribution in [0.5, 0.6) is 0 Å². The lowest BCUT2D eigenvalue weighted by Crippen LogP contribution is -2.21. The average Bonchev–Trinajstić information content (AvgIpc) is 2.54. The van der Waals surface area contributed by atoms with Crippen LogP contribution >= 0.6 is 11.3 Å². The van der Waals surface area contributed by atoms with Crippen LogP contribution in [0.4, 0.5) is 0 Å². The number of hydrogen-bond acceptors (Lipinski definition) is 5. The fourth-order valence-electron chi connectivity index (χ4n) is 1.35. The summed E-state index contributed by atoms with van der Waals surface area (Å²) in [4.78, 5) is 5.48. The first kappa shape index (κ1) is 15.6. The minimum atomic E-state index is -3.06.